The molecule has 0 atom stereocenters. The van der Waals surface area contributed by atoms with Crippen LogP contribution >= 0.6 is 0 Å². The van der Waals surface area contributed by atoms with Crippen LogP contribution in [0.15, 0.2) is 36.7 Å². The summed E-state index contributed by atoms with van der Waals surface area (Å²) in [5, 5.41) is 3.37. The molecule has 3 rings (SSSR count). The molecular formula is C13H13N3. The van der Waals surface area contributed by atoms with E-state index in [0.717, 1.165) is 25.2 Å². The summed E-state index contributed by atoms with van der Waals surface area (Å²) in [6.07, 6.45) is 2.67. The van der Waals surface area contributed by atoms with E-state index in [9.17, 15) is 0 Å². The molecule has 0 unspecified atom stereocenters. The quantitative estimate of drug-likeness (QED) is 0.781. The molecule has 0 spiro atoms. The van der Waals surface area contributed by atoms with E-state index < -0.39 is 0 Å². The summed E-state index contributed by atoms with van der Waals surface area (Å²) >= 11 is 0. The van der Waals surface area contributed by atoms with Crippen molar-refractivity contribution in [3.05, 3.63) is 47.9 Å². The zero-order chi connectivity index (χ0) is 10.8. The van der Waals surface area contributed by atoms with E-state index >= 15 is 0 Å². The van der Waals surface area contributed by atoms with E-state index in [4.69, 9.17) is 0 Å². The molecule has 1 aromatic carbocycles. The third-order valence-corrected chi connectivity index (χ3v) is 2.92. The van der Waals surface area contributed by atoms with Crippen LogP contribution < -0.4 is 5.32 Å². The van der Waals surface area contributed by atoms with Crippen LogP contribution in [0, 0.1) is 0 Å². The number of fused-ring (bicyclic) bond motifs is 1. The molecule has 0 aliphatic carbocycles. The van der Waals surface area contributed by atoms with Gasteiger partial charge in [0.25, 0.3) is 0 Å². The van der Waals surface area contributed by atoms with E-state index in [2.05, 4.69) is 27.4 Å². The molecule has 0 fully saturated rings. The van der Waals surface area contributed by atoms with Crippen LogP contribution in [0.2, 0.25) is 0 Å². The van der Waals surface area contributed by atoms with E-state index in [-0.39, 0.29) is 0 Å². The second-order valence-electron chi connectivity index (χ2n) is 3.94. The first-order valence-electron chi connectivity index (χ1n) is 5.54. The van der Waals surface area contributed by atoms with Crippen molar-refractivity contribution in [2.75, 3.05) is 6.54 Å². The minimum absolute atomic E-state index is 0.875. The van der Waals surface area contributed by atoms with E-state index in [1.807, 2.05) is 18.2 Å². The Bertz CT molecular complexity index is 494. The highest BCUT2D eigenvalue weighted by Crippen LogP contribution is 2.24. The number of benzene rings is 1. The Hall–Kier alpha value is -1.74. The van der Waals surface area contributed by atoms with Crippen LogP contribution in [-0.2, 0) is 13.0 Å². The molecule has 2 aromatic rings. The highest BCUT2D eigenvalue weighted by molar-refractivity contribution is 5.63. The van der Waals surface area contributed by atoms with Gasteiger partial charge in [0, 0.05) is 30.6 Å². The molecule has 0 amide bonds. The lowest BCUT2D eigenvalue weighted by atomic mass is 10.0. The predicted molar refractivity (Wildman–Crippen MR) is 62.9 cm³/mol. The largest absolute Gasteiger partial charge is 0.312 e. The number of hydrogen-bond acceptors (Lipinski definition) is 3. The molecule has 1 aliphatic heterocycles. The lowest BCUT2D eigenvalue weighted by Crippen LogP contribution is -2.25. The number of rotatable bonds is 1. The van der Waals surface area contributed by atoms with Gasteiger partial charge in [-0.05, 0) is 0 Å². The van der Waals surface area contributed by atoms with Gasteiger partial charge in [-0.1, -0.05) is 30.3 Å². The molecule has 3 heteroatoms. The lowest BCUT2D eigenvalue weighted by molar-refractivity contribution is 0.627. The fourth-order valence-electron chi connectivity index (χ4n) is 2.11. The molecule has 0 saturated carbocycles. The van der Waals surface area contributed by atoms with Gasteiger partial charge in [0.1, 0.15) is 6.33 Å². The van der Waals surface area contributed by atoms with Gasteiger partial charge in [-0.3, -0.25) is 0 Å². The van der Waals surface area contributed by atoms with E-state index in [1.165, 1.54) is 16.8 Å². The first-order valence-corrected chi connectivity index (χ1v) is 5.54. The zero-order valence-electron chi connectivity index (χ0n) is 8.98. The normalized spacial score (nSPS) is 14.5. The molecule has 0 bridgehead atoms. The maximum Gasteiger partial charge on any atom is 0.116 e. The van der Waals surface area contributed by atoms with Crippen LogP contribution in [0.1, 0.15) is 11.3 Å². The minimum atomic E-state index is 0.875. The summed E-state index contributed by atoms with van der Waals surface area (Å²) in [5.41, 5.74) is 4.68. The predicted octanol–water partition coefficient (Wildman–Crippen LogP) is 1.79. The van der Waals surface area contributed by atoms with Gasteiger partial charge in [-0.25, -0.2) is 9.97 Å². The second kappa shape index (κ2) is 4.02. The molecule has 1 aliphatic rings. The fourth-order valence-corrected chi connectivity index (χ4v) is 2.11. The topological polar surface area (TPSA) is 37.8 Å². The molecular weight excluding hydrogens is 198 g/mol. The average Bonchev–Trinajstić information content (AvgIpc) is 2.39. The monoisotopic (exact) mass is 211 g/mol. The SMILES string of the molecule is c1ccc(-c2ncnc3c2CNCC3)cc1. The summed E-state index contributed by atoms with van der Waals surface area (Å²) in [6, 6.07) is 10.3. The molecule has 0 radical (unpaired) electrons. The Morgan fingerprint density at radius 1 is 1.06 bits per heavy atom. The Labute approximate surface area is 94.6 Å². The third kappa shape index (κ3) is 1.59. The Kier molecular flexibility index (Phi) is 2.38. The van der Waals surface area contributed by atoms with Crippen LogP contribution in [0.25, 0.3) is 11.3 Å². The summed E-state index contributed by atoms with van der Waals surface area (Å²) in [4.78, 5) is 8.77. The molecule has 16 heavy (non-hydrogen) atoms. The Balaban J connectivity index is 2.14. The average molecular weight is 211 g/mol. The molecule has 80 valence electrons. The summed E-state index contributed by atoms with van der Waals surface area (Å²) in [7, 11) is 0. The van der Waals surface area contributed by atoms with Crippen molar-refractivity contribution in [2.24, 2.45) is 0 Å². The van der Waals surface area contributed by atoms with Crippen molar-refractivity contribution in [1.82, 2.24) is 15.3 Å². The fraction of sp³-hybridized carbons (Fsp3) is 0.231. The number of nitrogens with zero attached hydrogens (tertiary/aromatic N) is 2. The Morgan fingerprint density at radius 3 is 2.81 bits per heavy atom. The van der Waals surface area contributed by atoms with Gasteiger partial charge in [0.2, 0.25) is 0 Å². The second-order valence-corrected chi connectivity index (χ2v) is 3.94. The highest BCUT2D eigenvalue weighted by Gasteiger charge is 2.15. The molecule has 0 saturated heterocycles. The summed E-state index contributed by atoms with van der Waals surface area (Å²) < 4.78 is 0. The van der Waals surface area contributed by atoms with Gasteiger partial charge in [0.15, 0.2) is 0 Å². The number of hydrogen-bond donors (Lipinski definition) is 1. The Morgan fingerprint density at radius 2 is 1.94 bits per heavy atom. The van der Waals surface area contributed by atoms with Crippen LogP contribution in [0.4, 0.5) is 0 Å². The molecule has 1 aromatic heterocycles. The summed E-state index contributed by atoms with van der Waals surface area (Å²) in [5.74, 6) is 0. The first kappa shape index (κ1) is 9.48. The smallest absolute Gasteiger partial charge is 0.116 e. The van der Waals surface area contributed by atoms with Crippen molar-refractivity contribution < 1.29 is 0 Å². The zero-order valence-corrected chi connectivity index (χ0v) is 8.98. The van der Waals surface area contributed by atoms with E-state index in [0.29, 0.717) is 0 Å². The van der Waals surface area contributed by atoms with Crippen LogP contribution in [-0.4, -0.2) is 16.5 Å². The van der Waals surface area contributed by atoms with Crippen molar-refractivity contribution in [3.63, 3.8) is 0 Å². The molecule has 3 nitrogen and oxygen atoms in total. The number of aromatic nitrogens is 2. The third-order valence-electron chi connectivity index (χ3n) is 2.92. The highest BCUT2D eigenvalue weighted by atomic mass is 14.9. The van der Waals surface area contributed by atoms with Gasteiger partial charge in [0.05, 0.1) is 11.4 Å². The van der Waals surface area contributed by atoms with Gasteiger partial charge in [-0.15, -0.1) is 0 Å². The number of nitrogens with one attached hydrogen (secondary N) is 1. The molecule has 1 N–H and O–H groups in total. The van der Waals surface area contributed by atoms with E-state index in [1.54, 1.807) is 6.33 Å². The van der Waals surface area contributed by atoms with Crippen LogP contribution in [0.3, 0.4) is 0 Å². The van der Waals surface area contributed by atoms with Gasteiger partial charge in [-0.2, -0.15) is 0 Å². The lowest BCUT2D eigenvalue weighted by Gasteiger charge is -2.18. The van der Waals surface area contributed by atoms with Crippen molar-refractivity contribution in [1.29, 1.82) is 0 Å². The molecule has 2 heterocycles. The van der Waals surface area contributed by atoms with Gasteiger partial charge >= 0.3 is 0 Å². The van der Waals surface area contributed by atoms with Crippen LogP contribution in [0.5, 0.6) is 0 Å². The van der Waals surface area contributed by atoms with Gasteiger partial charge < -0.3 is 5.32 Å². The standard InChI is InChI=1S/C13H13N3/c1-2-4-10(5-3-1)13-11-8-14-7-6-12(11)15-9-16-13/h1-5,9,14H,6-8H2. The maximum atomic E-state index is 4.41. The maximum absolute atomic E-state index is 4.41. The minimum Gasteiger partial charge on any atom is -0.312 e. The van der Waals surface area contributed by atoms with Crippen molar-refractivity contribution in [2.45, 2.75) is 13.0 Å². The first-order chi connectivity index (χ1) is 7.95. The van der Waals surface area contributed by atoms with Crippen molar-refractivity contribution in [3.8, 4) is 11.3 Å². The van der Waals surface area contributed by atoms with Crippen molar-refractivity contribution >= 4 is 0 Å². The summed E-state index contributed by atoms with van der Waals surface area (Å²) in [6.45, 7) is 1.89.